The molecule has 4 aromatic rings. The van der Waals surface area contributed by atoms with Crippen LogP contribution in [0.4, 0.5) is 5.95 Å². The molecule has 4 rings (SSSR count). The summed E-state index contributed by atoms with van der Waals surface area (Å²) >= 11 is 0. The van der Waals surface area contributed by atoms with Crippen LogP contribution in [-0.2, 0) is 27.2 Å². The third-order valence-corrected chi connectivity index (χ3v) is 4.98. The van der Waals surface area contributed by atoms with Gasteiger partial charge in [-0.15, -0.1) is 0 Å². The first-order chi connectivity index (χ1) is 14.1. The average molecular weight is 393 g/mol. The molecule has 0 aliphatic heterocycles. The highest BCUT2D eigenvalue weighted by Crippen LogP contribution is 2.13. The van der Waals surface area contributed by atoms with Gasteiger partial charge in [-0.1, -0.05) is 30.3 Å². The van der Waals surface area contributed by atoms with Crippen LogP contribution in [0.3, 0.4) is 0 Å². The van der Waals surface area contributed by atoms with Crippen molar-refractivity contribution in [2.45, 2.75) is 19.5 Å². The molecule has 150 valence electrons. The summed E-state index contributed by atoms with van der Waals surface area (Å²) < 4.78 is 6.40. The van der Waals surface area contributed by atoms with Gasteiger partial charge < -0.3 is 14.5 Å². The van der Waals surface area contributed by atoms with Crippen LogP contribution in [0.25, 0.3) is 11.2 Å². The second-order valence-corrected chi connectivity index (χ2v) is 6.97. The first-order valence-electron chi connectivity index (χ1n) is 9.46. The molecule has 0 amide bonds. The van der Waals surface area contributed by atoms with E-state index in [2.05, 4.69) is 15.3 Å². The van der Waals surface area contributed by atoms with Gasteiger partial charge in [-0.3, -0.25) is 13.9 Å². The van der Waals surface area contributed by atoms with Crippen LogP contribution in [0.2, 0.25) is 0 Å². The van der Waals surface area contributed by atoms with Crippen LogP contribution in [-0.4, -0.2) is 34.8 Å². The van der Waals surface area contributed by atoms with Crippen LogP contribution in [0.5, 0.6) is 0 Å². The van der Waals surface area contributed by atoms with E-state index in [1.54, 1.807) is 31.2 Å². The molecule has 0 unspecified atom stereocenters. The van der Waals surface area contributed by atoms with Crippen molar-refractivity contribution in [3.8, 4) is 0 Å². The SMILES string of the molecule is Cn1c(NCCCn2ccnc2)nc2c1c(=O)n(Cc1ccccc1)c(=O)n2C. The topological polar surface area (TPSA) is 91.7 Å². The van der Waals surface area contributed by atoms with Crippen molar-refractivity contribution in [2.75, 3.05) is 11.9 Å². The van der Waals surface area contributed by atoms with Crippen LogP contribution in [0.15, 0.2) is 58.6 Å². The molecule has 3 heterocycles. The van der Waals surface area contributed by atoms with E-state index in [1.807, 2.05) is 41.1 Å². The lowest BCUT2D eigenvalue weighted by atomic mass is 10.2. The van der Waals surface area contributed by atoms with Crippen LogP contribution in [0.1, 0.15) is 12.0 Å². The predicted molar refractivity (Wildman–Crippen MR) is 111 cm³/mol. The van der Waals surface area contributed by atoms with Gasteiger partial charge in [-0.25, -0.2) is 9.78 Å². The van der Waals surface area contributed by atoms with Crippen LogP contribution in [0, 0.1) is 0 Å². The van der Waals surface area contributed by atoms with Gasteiger partial charge in [0.2, 0.25) is 5.95 Å². The minimum atomic E-state index is -0.379. The highest BCUT2D eigenvalue weighted by Gasteiger charge is 2.18. The standard InChI is InChI=1S/C20H23N7O2/c1-24-16-17(23-19(24)22-9-6-11-26-12-10-21-14-26)25(2)20(29)27(18(16)28)13-15-7-4-3-5-8-15/h3-5,7-8,10,12,14H,6,9,11,13H2,1-2H3,(H,22,23). The normalized spacial score (nSPS) is 11.2. The summed E-state index contributed by atoms with van der Waals surface area (Å²) in [6, 6.07) is 9.47. The van der Waals surface area contributed by atoms with Crippen molar-refractivity contribution in [1.29, 1.82) is 0 Å². The fourth-order valence-corrected chi connectivity index (χ4v) is 3.39. The molecule has 0 bridgehead atoms. The summed E-state index contributed by atoms with van der Waals surface area (Å²) in [6.07, 6.45) is 6.32. The van der Waals surface area contributed by atoms with E-state index < -0.39 is 0 Å². The quantitative estimate of drug-likeness (QED) is 0.476. The molecule has 1 aromatic carbocycles. The van der Waals surface area contributed by atoms with Crippen molar-refractivity contribution in [1.82, 2.24) is 28.2 Å². The molecule has 0 saturated carbocycles. The lowest BCUT2D eigenvalue weighted by Crippen LogP contribution is -2.39. The Morgan fingerprint density at radius 1 is 1.07 bits per heavy atom. The van der Waals surface area contributed by atoms with Crippen molar-refractivity contribution in [3.63, 3.8) is 0 Å². The van der Waals surface area contributed by atoms with Gasteiger partial charge >= 0.3 is 5.69 Å². The van der Waals surface area contributed by atoms with E-state index in [4.69, 9.17) is 0 Å². The molecular weight excluding hydrogens is 370 g/mol. The summed E-state index contributed by atoms with van der Waals surface area (Å²) in [5.74, 6) is 0.565. The molecular formula is C20H23N7O2. The summed E-state index contributed by atoms with van der Waals surface area (Å²) in [7, 11) is 3.42. The summed E-state index contributed by atoms with van der Waals surface area (Å²) in [5.41, 5.74) is 0.958. The largest absolute Gasteiger partial charge is 0.356 e. The van der Waals surface area contributed by atoms with E-state index in [9.17, 15) is 9.59 Å². The van der Waals surface area contributed by atoms with Gasteiger partial charge in [0.15, 0.2) is 11.2 Å². The van der Waals surface area contributed by atoms with Crippen molar-refractivity contribution in [2.24, 2.45) is 14.1 Å². The number of rotatable bonds is 7. The molecule has 3 aromatic heterocycles. The number of aromatic nitrogens is 6. The fourth-order valence-electron chi connectivity index (χ4n) is 3.39. The smallest absolute Gasteiger partial charge is 0.332 e. The number of hydrogen-bond acceptors (Lipinski definition) is 5. The lowest BCUT2D eigenvalue weighted by molar-refractivity contribution is 0.654. The molecule has 0 radical (unpaired) electrons. The number of nitrogens with one attached hydrogen (secondary N) is 1. The minimum absolute atomic E-state index is 0.223. The second-order valence-electron chi connectivity index (χ2n) is 6.97. The number of anilines is 1. The monoisotopic (exact) mass is 393 g/mol. The Morgan fingerprint density at radius 3 is 2.59 bits per heavy atom. The Hall–Kier alpha value is -3.62. The maximum absolute atomic E-state index is 13.1. The van der Waals surface area contributed by atoms with Gasteiger partial charge in [-0.05, 0) is 12.0 Å². The highest BCUT2D eigenvalue weighted by molar-refractivity contribution is 5.74. The molecule has 9 heteroatoms. The van der Waals surface area contributed by atoms with E-state index in [-0.39, 0.29) is 17.8 Å². The van der Waals surface area contributed by atoms with E-state index in [0.717, 1.165) is 18.5 Å². The van der Waals surface area contributed by atoms with Gasteiger partial charge in [0, 0.05) is 39.6 Å². The Morgan fingerprint density at radius 2 is 1.86 bits per heavy atom. The third kappa shape index (κ3) is 3.58. The summed E-state index contributed by atoms with van der Waals surface area (Å²) in [5, 5.41) is 3.26. The van der Waals surface area contributed by atoms with E-state index in [1.165, 1.54) is 9.13 Å². The van der Waals surface area contributed by atoms with Gasteiger partial charge in [0.1, 0.15) is 0 Å². The van der Waals surface area contributed by atoms with Crippen molar-refractivity contribution < 1.29 is 0 Å². The maximum atomic E-state index is 13.1. The highest BCUT2D eigenvalue weighted by atomic mass is 16.2. The molecule has 0 aliphatic rings. The Balaban J connectivity index is 1.62. The second kappa shape index (κ2) is 7.78. The first kappa shape index (κ1) is 18.7. The predicted octanol–water partition coefficient (Wildman–Crippen LogP) is 1.18. The molecule has 0 fully saturated rings. The van der Waals surface area contributed by atoms with E-state index in [0.29, 0.717) is 23.7 Å². The molecule has 0 aliphatic carbocycles. The molecule has 9 nitrogen and oxygen atoms in total. The number of benzene rings is 1. The van der Waals surface area contributed by atoms with Gasteiger partial charge in [0.25, 0.3) is 5.56 Å². The van der Waals surface area contributed by atoms with Gasteiger partial charge in [-0.2, -0.15) is 4.98 Å². The van der Waals surface area contributed by atoms with Crippen molar-refractivity contribution in [3.05, 3.63) is 75.5 Å². The van der Waals surface area contributed by atoms with Crippen LogP contribution < -0.4 is 16.6 Å². The summed E-state index contributed by atoms with van der Waals surface area (Å²) in [6.45, 7) is 1.74. The Bertz CT molecular complexity index is 1230. The Kier molecular flexibility index (Phi) is 5.03. The van der Waals surface area contributed by atoms with E-state index >= 15 is 0 Å². The average Bonchev–Trinajstić information content (AvgIpc) is 3.36. The zero-order chi connectivity index (χ0) is 20.4. The first-order valence-corrected chi connectivity index (χ1v) is 9.46. The number of fused-ring (bicyclic) bond motifs is 1. The number of aryl methyl sites for hydroxylation is 3. The third-order valence-electron chi connectivity index (χ3n) is 4.98. The summed E-state index contributed by atoms with van der Waals surface area (Å²) in [4.78, 5) is 34.4. The molecule has 29 heavy (non-hydrogen) atoms. The zero-order valence-electron chi connectivity index (χ0n) is 16.4. The molecule has 0 atom stereocenters. The number of hydrogen-bond donors (Lipinski definition) is 1. The fraction of sp³-hybridized carbons (Fsp3) is 0.300. The molecule has 0 saturated heterocycles. The molecule has 0 spiro atoms. The maximum Gasteiger partial charge on any atom is 0.332 e. The number of nitrogens with zero attached hydrogens (tertiary/aromatic N) is 6. The minimum Gasteiger partial charge on any atom is -0.356 e. The van der Waals surface area contributed by atoms with Gasteiger partial charge in [0.05, 0.1) is 12.9 Å². The number of imidazole rings is 2. The van der Waals surface area contributed by atoms with Crippen molar-refractivity contribution >= 4 is 17.1 Å². The zero-order valence-corrected chi connectivity index (χ0v) is 16.4. The lowest BCUT2D eigenvalue weighted by Gasteiger charge is -2.09. The van der Waals surface area contributed by atoms with Crippen LogP contribution >= 0.6 is 0 Å². The molecule has 1 N–H and O–H groups in total. The Labute approximate surface area is 166 Å².